The van der Waals surface area contributed by atoms with Gasteiger partial charge >= 0.3 is 0 Å². The van der Waals surface area contributed by atoms with Crippen LogP contribution in [-0.4, -0.2) is 23.4 Å². The molecule has 0 saturated heterocycles. The standard InChI is InChI=1S/C76H56N4O2S/c1-5-19-70-60(6-2)64-46-54(36-44-72(64)79(70)50-20-9-7-10-21-50)77(52-30-38-58(81-3)39-31-52)56-34-42-61-62-43-35-57(49-69(62)76(68(61)48-56)66-25-14-17-28-74(66)83-75-29-18-15-26-67(75)76)78(53-32-40-59(82-4)41-33-53)55-37-45-73-65(47-55)63-24-13-16-27-71(63)80(73)51-22-11-8-12-23-51/h5-49H,2H2,1,3-4H3/b19-5-. The molecule has 1 aliphatic carbocycles. The molecule has 83 heavy (non-hydrogen) atoms. The van der Waals surface area contributed by atoms with Crippen LogP contribution in [0.25, 0.3) is 67.4 Å². The van der Waals surface area contributed by atoms with Gasteiger partial charge in [-0.15, -0.1) is 0 Å². The molecule has 0 amide bonds. The smallest absolute Gasteiger partial charge is 0.119 e. The molecule has 2 aromatic heterocycles. The van der Waals surface area contributed by atoms with Crippen LogP contribution in [0.5, 0.6) is 11.5 Å². The lowest BCUT2D eigenvalue weighted by Gasteiger charge is -2.40. The maximum Gasteiger partial charge on any atom is 0.119 e. The van der Waals surface area contributed by atoms with Crippen LogP contribution in [0.3, 0.4) is 0 Å². The zero-order valence-corrected chi connectivity index (χ0v) is 47.0. The van der Waals surface area contributed by atoms with Crippen molar-refractivity contribution in [3.05, 3.63) is 301 Å². The molecule has 6 nitrogen and oxygen atoms in total. The Balaban J connectivity index is 0.964. The fraction of sp³-hybridized carbons (Fsp3) is 0.0526. The number of aromatic nitrogens is 2. The number of allylic oxidation sites excluding steroid dienone is 1. The minimum absolute atomic E-state index is 0.715. The number of methoxy groups -OCH3 is 2. The van der Waals surface area contributed by atoms with E-state index in [1.54, 1.807) is 14.2 Å². The van der Waals surface area contributed by atoms with E-state index in [1.165, 1.54) is 59.5 Å². The number of fused-ring (bicyclic) bond motifs is 13. The molecule has 1 spiro atoms. The topological polar surface area (TPSA) is 34.8 Å². The fourth-order valence-electron chi connectivity index (χ4n) is 13.3. The molecule has 15 rings (SSSR count). The summed E-state index contributed by atoms with van der Waals surface area (Å²) in [4.78, 5) is 7.29. The van der Waals surface area contributed by atoms with Crippen LogP contribution in [0.15, 0.2) is 277 Å². The van der Waals surface area contributed by atoms with Crippen LogP contribution < -0.4 is 19.3 Å². The number of para-hydroxylation sites is 3. The van der Waals surface area contributed by atoms with Crippen LogP contribution in [0.2, 0.25) is 0 Å². The molecule has 0 bridgehead atoms. The van der Waals surface area contributed by atoms with Gasteiger partial charge < -0.3 is 28.4 Å². The van der Waals surface area contributed by atoms with E-state index in [0.717, 1.165) is 84.7 Å². The first kappa shape index (κ1) is 49.8. The number of ether oxygens (including phenoxy) is 2. The Bertz CT molecular complexity index is 4670. The van der Waals surface area contributed by atoms with Crippen LogP contribution in [0.1, 0.15) is 40.4 Å². The van der Waals surface area contributed by atoms with Crippen molar-refractivity contribution < 1.29 is 9.47 Å². The normalized spacial score (nSPS) is 12.8. The van der Waals surface area contributed by atoms with Crippen molar-refractivity contribution in [1.82, 2.24) is 9.13 Å². The quantitative estimate of drug-likeness (QED) is 0.122. The zero-order chi connectivity index (χ0) is 55.8. The van der Waals surface area contributed by atoms with Crippen LogP contribution >= 0.6 is 11.8 Å². The molecular weight excluding hydrogens is 1030 g/mol. The van der Waals surface area contributed by atoms with Gasteiger partial charge in [-0.2, -0.15) is 0 Å². The Kier molecular flexibility index (Phi) is 12.1. The lowest BCUT2D eigenvalue weighted by molar-refractivity contribution is 0.414. The molecule has 0 fully saturated rings. The molecule has 2 aliphatic rings. The third-order valence-electron chi connectivity index (χ3n) is 16.8. The summed E-state index contributed by atoms with van der Waals surface area (Å²) in [6.07, 6.45) is 6.29. The van der Waals surface area contributed by atoms with Gasteiger partial charge in [-0.1, -0.05) is 134 Å². The van der Waals surface area contributed by atoms with Gasteiger partial charge in [0.2, 0.25) is 0 Å². The molecule has 0 unspecified atom stereocenters. The largest absolute Gasteiger partial charge is 0.497 e. The molecule has 1 aliphatic heterocycles. The molecule has 0 radical (unpaired) electrons. The SMILES string of the molecule is C=Cc1c(/C=C\C)n(-c2ccccc2)c2ccc(N(c3ccc(OC)cc3)c3ccc4c(c3)C3(c5ccccc5Sc5ccccc53)c3cc(N(c5ccc(OC)cc5)c5ccc6c(c5)c5ccccc5n6-c5ccccc5)ccc3-4)cc12. The number of nitrogens with zero attached hydrogens (tertiary/aromatic N) is 4. The third-order valence-corrected chi connectivity index (χ3v) is 18.0. The summed E-state index contributed by atoms with van der Waals surface area (Å²) in [7, 11) is 3.45. The summed E-state index contributed by atoms with van der Waals surface area (Å²) in [6, 6.07) is 93.1. The molecule has 0 saturated carbocycles. The number of hydrogen-bond acceptors (Lipinski definition) is 5. The van der Waals surface area contributed by atoms with Crippen molar-refractivity contribution >= 4 is 90.7 Å². The predicted molar refractivity (Wildman–Crippen MR) is 346 cm³/mol. The lowest BCUT2D eigenvalue weighted by Crippen LogP contribution is -2.32. The number of anilines is 6. The highest BCUT2D eigenvalue weighted by molar-refractivity contribution is 7.99. The Labute approximate surface area is 487 Å². The molecule has 398 valence electrons. The second kappa shape index (κ2) is 20.1. The summed E-state index contributed by atoms with van der Waals surface area (Å²) in [5.41, 5.74) is 20.7. The lowest BCUT2D eigenvalue weighted by atomic mass is 9.67. The van der Waals surface area contributed by atoms with E-state index in [4.69, 9.17) is 9.47 Å². The number of hydrogen-bond donors (Lipinski definition) is 0. The number of rotatable bonds is 12. The van der Waals surface area contributed by atoms with Gasteiger partial charge in [0.1, 0.15) is 11.5 Å². The first-order valence-electron chi connectivity index (χ1n) is 28.1. The molecule has 0 N–H and O–H groups in total. The summed E-state index contributed by atoms with van der Waals surface area (Å²) < 4.78 is 16.2. The van der Waals surface area contributed by atoms with E-state index in [2.05, 4.69) is 299 Å². The van der Waals surface area contributed by atoms with Gasteiger partial charge in [-0.25, -0.2) is 0 Å². The minimum Gasteiger partial charge on any atom is -0.497 e. The summed E-state index contributed by atoms with van der Waals surface area (Å²) in [6.45, 7) is 6.46. The van der Waals surface area contributed by atoms with Crippen LogP contribution in [-0.2, 0) is 5.41 Å². The van der Waals surface area contributed by atoms with Gasteiger partial charge in [0, 0.05) is 77.0 Å². The van der Waals surface area contributed by atoms with E-state index in [-0.39, 0.29) is 0 Å². The predicted octanol–water partition coefficient (Wildman–Crippen LogP) is 20.2. The molecule has 0 atom stereocenters. The van der Waals surface area contributed by atoms with E-state index >= 15 is 0 Å². The Morgan fingerprint density at radius 3 is 1.37 bits per heavy atom. The van der Waals surface area contributed by atoms with Gasteiger partial charge in [-0.05, 0) is 198 Å². The highest BCUT2D eigenvalue weighted by atomic mass is 32.2. The van der Waals surface area contributed by atoms with Gasteiger partial charge in [0.25, 0.3) is 0 Å². The Hall–Kier alpha value is -10.2. The second-order valence-corrected chi connectivity index (χ2v) is 22.2. The first-order valence-corrected chi connectivity index (χ1v) is 28.9. The van der Waals surface area contributed by atoms with Crippen molar-refractivity contribution in [2.75, 3.05) is 24.0 Å². The van der Waals surface area contributed by atoms with E-state index < -0.39 is 5.41 Å². The minimum atomic E-state index is -0.715. The zero-order valence-electron chi connectivity index (χ0n) is 46.2. The third kappa shape index (κ3) is 7.80. The highest BCUT2D eigenvalue weighted by Gasteiger charge is 2.51. The van der Waals surface area contributed by atoms with Crippen molar-refractivity contribution in [1.29, 1.82) is 0 Å². The summed E-state index contributed by atoms with van der Waals surface area (Å²) in [5.74, 6) is 1.60. The summed E-state index contributed by atoms with van der Waals surface area (Å²) >= 11 is 1.86. The van der Waals surface area contributed by atoms with Gasteiger partial charge in [-0.3, -0.25) is 0 Å². The van der Waals surface area contributed by atoms with Crippen molar-refractivity contribution in [2.24, 2.45) is 0 Å². The molecule has 3 heterocycles. The highest BCUT2D eigenvalue weighted by Crippen LogP contribution is 2.63. The maximum absolute atomic E-state index is 5.76. The molecule has 7 heteroatoms. The van der Waals surface area contributed by atoms with Crippen LogP contribution in [0.4, 0.5) is 34.1 Å². The first-order chi connectivity index (χ1) is 41.0. The van der Waals surface area contributed by atoms with Crippen molar-refractivity contribution in [3.63, 3.8) is 0 Å². The van der Waals surface area contributed by atoms with Gasteiger partial charge in [0.15, 0.2) is 0 Å². The number of benzene rings is 11. The van der Waals surface area contributed by atoms with E-state index in [1.807, 2.05) is 17.8 Å². The average Bonchev–Trinajstić information content (AvgIpc) is 2.20. The van der Waals surface area contributed by atoms with Crippen molar-refractivity contribution in [2.45, 2.75) is 22.1 Å². The Morgan fingerprint density at radius 2 is 0.843 bits per heavy atom. The molecule has 11 aromatic carbocycles. The fourth-order valence-corrected chi connectivity index (χ4v) is 14.5. The average molecular weight is 1090 g/mol. The molecule has 13 aromatic rings. The van der Waals surface area contributed by atoms with Gasteiger partial charge in [0.05, 0.1) is 41.9 Å². The van der Waals surface area contributed by atoms with Crippen molar-refractivity contribution in [3.8, 4) is 34.0 Å². The van der Waals surface area contributed by atoms with E-state index in [0.29, 0.717) is 0 Å². The van der Waals surface area contributed by atoms with Crippen LogP contribution in [0, 0.1) is 0 Å². The summed E-state index contributed by atoms with van der Waals surface area (Å²) in [5, 5.41) is 3.49. The molecular formula is C76H56N4O2S. The second-order valence-electron chi connectivity index (χ2n) is 21.1. The van der Waals surface area contributed by atoms with E-state index in [9.17, 15) is 0 Å². The maximum atomic E-state index is 5.76. The monoisotopic (exact) mass is 1090 g/mol. The Morgan fingerprint density at radius 1 is 0.410 bits per heavy atom.